The number of ether oxygens (including phenoxy) is 4. The van der Waals surface area contributed by atoms with Crippen LogP contribution >= 0.6 is 0 Å². The molecule has 0 spiro atoms. The van der Waals surface area contributed by atoms with E-state index in [0.29, 0.717) is 0 Å². The van der Waals surface area contributed by atoms with Gasteiger partial charge in [-0.05, 0) is 12.1 Å². The molecule has 0 saturated carbocycles. The van der Waals surface area contributed by atoms with E-state index < -0.39 is 46.8 Å². The third-order valence-corrected chi connectivity index (χ3v) is 2.69. The summed E-state index contributed by atoms with van der Waals surface area (Å²) in [4.78, 5) is 55.2. The molecule has 1 aromatic rings. The third kappa shape index (κ3) is 6.03. The molecule has 11 heteroatoms. The maximum absolute atomic E-state index is 11.6. The predicted molar refractivity (Wildman–Crippen MR) is 82.2 cm³/mol. The first kappa shape index (κ1) is 20.3. The molecule has 0 bridgehead atoms. The lowest BCUT2D eigenvalue weighted by atomic mass is 10.2. The highest BCUT2D eigenvalue weighted by Gasteiger charge is 2.21. The standard InChI is InChI=1S/C15H13NO10/c1-23-12(17)5-6-13(18)25-8-14(19)26-11-4-3-9(15(20)24-2)7-10(11)16(21)22/h3-7H,8H2,1-2H3/b6-5-. The number of nitro benzene ring substituents is 1. The molecule has 0 saturated heterocycles. The lowest BCUT2D eigenvalue weighted by Crippen LogP contribution is -2.18. The molecular formula is C15H13NO10. The van der Waals surface area contributed by atoms with Crippen molar-refractivity contribution in [3.05, 3.63) is 46.0 Å². The normalized spacial score (nSPS) is 10.1. The van der Waals surface area contributed by atoms with Crippen LogP contribution in [0.1, 0.15) is 10.4 Å². The molecule has 138 valence electrons. The minimum Gasteiger partial charge on any atom is -0.466 e. The van der Waals surface area contributed by atoms with E-state index in [1.807, 2.05) is 0 Å². The van der Waals surface area contributed by atoms with Crippen molar-refractivity contribution in [2.24, 2.45) is 0 Å². The van der Waals surface area contributed by atoms with Crippen LogP contribution in [0.5, 0.6) is 5.75 Å². The summed E-state index contributed by atoms with van der Waals surface area (Å²) in [6.45, 7) is -0.861. The predicted octanol–water partition coefficient (Wildman–Crippen LogP) is 0.559. The molecule has 0 N–H and O–H groups in total. The van der Waals surface area contributed by atoms with Gasteiger partial charge in [0.05, 0.1) is 24.7 Å². The van der Waals surface area contributed by atoms with Crippen LogP contribution in [0.3, 0.4) is 0 Å². The quantitative estimate of drug-likeness (QED) is 0.167. The molecule has 0 atom stereocenters. The smallest absolute Gasteiger partial charge is 0.349 e. The summed E-state index contributed by atoms with van der Waals surface area (Å²) in [5.41, 5.74) is -0.767. The molecule has 0 aliphatic rings. The molecule has 11 nitrogen and oxygen atoms in total. The highest BCUT2D eigenvalue weighted by Crippen LogP contribution is 2.28. The first-order valence-electron chi connectivity index (χ1n) is 6.78. The molecular weight excluding hydrogens is 354 g/mol. The zero-order valence-corrected chi connectivity index (χ0v) is 13.6. The van der Waals surface area contributed by atoms with Crippen molar-refractivity contribution in [2.45, 2.75) is 0 Å². The number of nitrogens with zero attached hydrogens (tertiary/aromatic N) is 1. The van der Waals surface area contributed by atoms with E-state index in [1.165, 1.54) is 0 Å². The number of carbonyl (C=O) groups excluding carboxylic acids is 4. The van der Waals surface area contributed by atoms with Gasteiger partial charge in [0.15, 0.2) is 6.61 Å². The summed E-state index contributed by atoms with van der Waals surface area (Å²) in [6, 6.07) is 3.06. The largest absolute Gasteiger partial charge is 0.466 e. The lowest BCUT2D eigenvalue weighted by molar-refractivity contribution is -0.385. The summed E-state index contributed by atoms with van der Waals surface area (Å²) in [7, 11) is 2.21. The fraction of sp³-hybridized carbons (Fsp3) is 0.200. The van der Waals surface area contributed by atoms with Crippen LogP contribution in [0.25, 0.3) is 0 Å². The fourth-order valence-corrected chi connectivity index (χ4v) is 1.53. The SMILES string of the molecule is COC(=O)/C=C\C(=O)OCC(=O)Oc1ccc(C(=O)OC)cc1[N+](=O)[O-]. The van der Waals surface area contributed by atoms with Crippen LogP contribution in [0.2, 0.25) is 0 Å². The Balaban J connectivity index is 2.76. The highest BCUT2D eigenvalue weighted by atomic mass is 16.6. The Kier molecular flexibility index (Phi) is 7.42. The van der Waals surface area contributed by atoms with Gasteiger partial charge in [0.1, 0.15) is 0 Å². The fourth-order valence-electron chi connectivity index (χ4n) is 1.53. The van der Waals surface area contributed by atoms with Crippen LogP contribution in [-0.4, -0.2) is 49.6 Å². The van der Waals surface area contributed by atoms with Crippen molar-refractivity contribution in [3.8, 4) is 5.75 Å². The highest BCUT2D eigenvalue weighted by molar-refractivity contribution is 5.92. The molecule has 0 aliphatic carbocycles. The van der Waals surface area contributed by atoms with E-state index >= 15 is 0 Å². The number of esters is 4. The molecule has 0 unspecified atom stereocenters. The summed E-state index contributed by atoms with van der Waals surface area (Å²) in [5.74, 6) is -4.20. The number of nitro groups is 1. The van der Waals surface area contributed by atoms with Crippen LogP contribution < -0.4 is 4.74 Å². The van der Waals surface area contributed by atoms with Gasteiger partial charge in [0, 0.05) is 18.2 Å². The molecule has 1 aromatic carbocycles. The van der Waals surface area contributed by atoms with Crippen molar-refractivity contribution in [1.82, 2.24) is 0 Å². The van der Waals surface area contributed by atoms with E-state index in [1.54, 1.807) is 0 Å². The maximum Gasteiger partial charge on any atom is 0.349 e. The summed E-state index contributed by atoms with van der Waals surface area (Å²) >= 11 is 0. The van der Waals surface area contributed by atoms with Gasteiger partial charge >= 0.3 is 29.6 Å². The average Bonchev–Trinajstić information content (AvgIpc) is 2.63. The zero-order valence-electron chi connectivity index (χ0n) is 13.6. The van der Waals surface area contributed by atoms with Gasteiger partial charge in [0.2, 0.25) is 5.75 Å². The van der Waals surface area contributed by atoms with E-state index in [4.69, 9.17) is 4.74 Å². The van der Waals surface area contributed by atoms with Crippen molar-refractivity contribution in [1.29, 1.82) is 0 Å². The maximum atomic E-state index is 11.6. The number of benzene rings is 1. The number of hydrogen-bond acceptors (Lipinski definition) is 10. The zero-order chi connectivity index (χ0) is 19.7. The average molecular weight is 367 g/mol. The molecule has 26 heavy (non-hydrogen) atoms. The number of methoxy groups -OCH3 is 2. The van der Waals surface area contributed by atoms with E-state index in [9.17, 15) is 29.3 Å². The van der Waals surface area contributed by atoms with Gasteiger partial charge in [-0.25, -0.2) is 19.2 Å². The summed E-state index contributed by atoms with van der Waals surface area (Å²) < 4.78 is 17.9. The van der Waals surface area contributed by atoms with Crippen molar-refractivity contribution in [2.75, 3.05) is 20.8 Å². The molecule has 1 rings (SSSR count). The second kappa shape index (κ2) is 9.52. The Morgan fingerprint density at radius 2 is 1.73 bits per heavy atom. The number of hydrogen-bond donors (Lipinski definition) is 0. The summed E-state index contributed by atoms with van der Waals surface area (Å²) in [6.07, 6.45) is 1.51. The van der Waals surface area contributed by atoms with Gasteiger partial charge in [-0.3, -0.25) is 10.1 Å². The molecule has 0 amide bonds. The van der Waals surface area contributed by atoms with Crippen LogP contribution in [0, 0.1) is 10.1 Å². The van der Waals surface area contributed by atoms with E-state index in [2.05, 4.69) is 14.2 Å². The van der Waals surface area contributed by atoms with Crippen molar-refractivity contribution >= 4 is 29.6 Å². The van der Waals surface area contributed by atoms with E-state index in [0.717, 1.165) is 44.6 Å². The first-order chi connectivity index (χ1) is 12.3. The first-order valence-corrected chi connectivity index (χ1v) is 6.78. The summed E-state index contributed by atoms with van der Waals surface area (Å²) in [5, 5.41) is 11.0. The second-order valence-electron chi connectivity index (χ2n) is 4.37. The minimum absolute atomic E-state index is 0.113. The molecule has 0 aromatic heterocycles. The topological polar surface area (TPSA) is 148 Å². The molecule has 0 fully saturated rings. The Labute approximate surface area is 146 Å². The number of carbonyl (C=O) groups is 4. The van der Waals surface area contributed by atoms with Gasteiger partial charge in [-0.2, -0.15) is 0 Å². The minimum atomic E-state index is -1.11. The monoisotopic (exact) mass is 367 g/mol. The lowest BCUT2D eigenvalue weighted by Gasteiger charge is -2.06. The molecule has 0 heterocycles. The van der Waals surface area contributed by atoms with Gasteiger partial charge in [-0.15, -0.1) is 0 Å². The second-order valence-corrected chi connectivity index (χ2v) is 4.37. The Morgan fingerprint density at radius 1 is 1.08 bits per heavy atom. The van der Waals surface area contributed by atoms with Gasteiger partial charge in [0.25, 0.3) is 0 Å². The Morgan fingerprint density at radius 3 is 2.31 bits per heavy atom. The van der Waals surface area contributed by atoms with Crippen LogP contribution in [0.4, 0.5) is 5.69 Å². The van der Waals surface area contributed by atoms with Gasteiger partial charge in [-0.1, -0.05) is 0 Å². The number of rotatable bonds is 7. The van der Waals surface area contributed by atoms with Gasteiger partial charge < -0.3 is 18.9 Å². The van der Waals surface area contributed by atoms with E-state index in [-0.39, 0.29) is 5.56 Å². The Bertz CT molecular complexity index is 768. The van der Waals surface area contributed by atoms with Crippen LogP contribution in [-0.2, 0) is 28.6 Å². The Hall–Kier alpha value is -3.76. The van der Waals surface area contributed by atoms with Crippen molar-refractivity contribution in [3.63, 3.8) is 0 Å². The third-order valence-electron chi connectivity index (χ3n) is 2.69. The van der Waals surface area contributed by atoms with Crippen molar-refractivity contribution < 1.29 is 43.0 Å². The molecule has 0 radical (unpaired) electrons. The molecule has 0 aliphatic heterocycles. The van der Waals surface area contributed by atoms with Crippen LogP contribution in [0.15, 0.2) is 30.4 Å².